The van der Waals surface area contributed by atoms with Crippen LogP contribution >= 0.6 is 0 Å². The number of hydrogen-bond donors (Lipinski definition) is 23. The zero-order valence-corrected chi connectivity index (χ0v) is 52.9. The molecule has 2 aromatic carbocycles. The number of H-pyrrole nitrogens is 2. The Morgan fingerprint density at radius 3 is 0.884 bits per heavy atom. The van der Waals surface area contributed by atoms with Crippen molar-refractivity contribution in [2.75, 3.05) is 39.3 Å². The second kappa shape index (κ2) is 40.0. The van der Waals surface area contributed by atoms with Crippen LogP contribution in [0.25, 0.3) is 21.8 Å². The van der Waals surface area contributed by atoms with E-state index in [1.54, 1.807) is 36.7 Å². The van der Waals surface area contributed by atoms with E-state index in [1.807, 2.05) is 24.3 Å². The molecular weight excluding hydrogens is 1230 g/mol. The highest BCUT2D eigenvalue weighted by Gasteiger charge is 2.35. The van der Waals surface area contributed by atoms with Gasteiger partial charge in [-0.3, -0.25) is 63.5 Å². The standard InChI is InChI=1S/C58H94N28O9/c59-35(13-5-21-72-53(60)61)45(87)80-38(16-6-22-73-54(62)63)46(88)81-39(17-7-23-74-55(64)65)47(89)82-40(18-8-24-75-56(66)67)48(90)83-41(19-9-25-76-57(68)69)49(91)84-42(20-10-26-77-58(70)71)50(92)85-43(27-31-29-78-36-14-3-1-11-33(31)36)51(93)86-44(52(94)95)28-32-30-79-37-15-4-2-12-34(32)37/h1-4,11-12,14-15,29-30,35,38-44,78-79H,5-10,13,16-28,59H2,(H,80,87)(H,81,88)(H,82,89)(H,83,90)(H,84,91)(H,85,92)(H,86,93)(H,94,95)(H4,60,61,72)(H4,62,63,73)(H4,64,65,74)(H4,66,67,75)(H4,68,69,76)(H4,70,71,77)/t35-,38-,39-,40-,41-,42-,43-,44-/m0/s1. The first-order valence-electron chi connectivity index (χ1n) is 30.8. The number of benzene rings is 2. The number of nitrogens with zero attached hydrogens (tertiary/aromatic N) is 6. The summed E-state index contributed by atoms with van der Waals surface area (Å²) in [5.74, 6) is -8.84. The molecule has 0 aliphatic rings. The first kappa shape index (κ1) is 76.3. The van der Waals surface area contributed by atoms with Gasteiger partial charge in [-0.05, 0) is 100 Å². The molecular formula is C58H94N28O9. The number of aliphatic carboxylic acids is 1. The van der Waals surface area contributed by atoms with Crippen molar-refractivity contribution in [3.63, 3.8) is 0 Å². The van der Waals surface area contributed by atoms with Crippen LogP contribution < -0.4 is 112 Å². The fourth-order valence-corrected chi connectivity index (χ4v) is 9.88. The number of rotatable bonds is 43. The van der Waals surface area contributed by atoms with Gasteiger partial charge in [0.15, 0.2) is 35.8 Å². The molecule has 0 spiro atoms. The highest BCUT2D eigenvalue weighted by molar-refractivity contribution is 5.98. The van der Waals surface area contributed by atoms with Gasteiger partial charge in [0.05, 0.1) is 6.04 Å². The van der Waals surface area contributed by atoms with Gasteiger partial charge in [0, 0.05) is 86.3 Å². The summed E-state index contributed by atoms with van der Waals surface area (Å²) in [6.45, 7) is 0.152. The predicted octanol–water partition coefficient (Wildman–Crippen LogP) is -6.44. The number of aromatic amines is 2. The maximum absolute atomic E-state index is 14.9. The third-order valence-electron chi connectivity index (χ3n) is 14.6. The van der Waals surface area contributed by atoms with Crippen LogP contribution in [0.3, 0.4) is 0 Å². The molecule has 7 amide bonds. The Labute approximate surface area is 547 Å². The molecule has 95 heavy (non-hydrogen) atoms. The van der Waals surface area contributed by atoms with Gasteiger partial charge in [-0.15, -0.1) is 0 Å². The molecule has 36 N–H and O–H groups in total. The summed E-state index contributed by atoms with van der Waals surface area (Å²) >= 11 is 0. The summed E-state index contributed by atoms with van der Waals surface area (Å²) in [6, 6.07) is 3.15. The number of carbonyl (C=O) groups excluding carboxylic acids is 7. The lowest BCUT2D eigenvalue weighted by molar-refractivity contribution is -0.142. The van der Waals surface area contributed by atoms with E-state index < -0.39 is 95.7 Å². The third kappa shape index (κ3) is 28.1. The van der Waals surface area contributed by atoms with Crippen LogP contribution in [0.15, 0.2) is 90.9 Å². The summed E-state index contributed by atoms with van der Waals surface area (Å²) in [5.41, 5.74) is 75.6. The number of nitrogens with two attached hydrogens (primary N) is 13. The molecule has 0 aliphatic heterocycles. The van der Waals surface area contributed by atoms with E-state index in [1.165, 1.54) is 0 Å². The van der Waals surface area contributed by atoms with Crippen molar-refractivity contribution >= 4 is 105 Å². The van der Waals surface area contributed by atoms with Crippen molar-refractivity contribution in [3.8, 4) is 0 Å². The Morgan fingerprint density at radius 1 is 0.347 bits per heavy atom. The van der Waals surface area contributed by atoms with Crippen LogP contribution in [-0.2, 0) is 51.2 Å². The number of carboxylic acids is 1. The van der Waals surface area contributed by atoms with Gasteiger partial charge in [0.25, 0.3) is 0 Å². The van der Waals surface area contributed by atoms with Gasteiger partial charge in [-0.2, -0.15) is 0 Å². The van der Waals surface area contributed by atoms with E-state index in [9.17, 15) is 43.5 Å². The SMILES string of the molecule is NC(N)=NCCC[C@H](NC(=O)[C@H](CCCN=C(N)N)NC(=O)[C@H](CCCN=C(N)N)NC(=O)[C@H](CCCN=C(N)N)NC(=O)[C@H](CCCN=C(N)N)NC(=O)[C@@H](N)CCCN=C(N)N)C(=O)N[C@@H](Cc1c[nH]c2ccccc12)C(=O)N[C@@H](Cc1c[nH]c2ccccc12)C(=O)O. The Bertz CT molecular complexity index is 3370. The molecule has 0 saturated carbocycles. The van der Waals surface area contributed by atoms with E-state index in [0.29, 0.717) is 28.5 Å². The van der Waals surface area contributed by atoms with Crippen LogP contribution in [0.4, 0.5) is 0 Å². The minimum Gasteiger partial charge on any atom is -0.480 e. The van der Waals surface area contributed by atoms with Crippen molar-refractivity contribution in [1.82, 2.24) is 47.2 Å². The molecule has 2 heterocycles. The number of para-hydroxylation sites is 2. The average Bonchev–Trinajstić information content (AvgIpc) is 1.78. The van der Waals surface area contributed by atoms with Crippen molar-refractivity contribution in [2.24, 2.45) is 104 Å². The maximum atomic E-state index is 14.9. The monoisotopic (exact) mass is 1330 g/mol. The second-order valence-electron chi connectivity index (χ2n) is 22.2. The number of carboxylic acid groups (broad SMARTS) is 1. The molecule has 37 heteroatoms. The van der Waals surface area contributed by atoms with Crippen LogP contribution in [0.1, 0.15) is 88.2 Å². The lowest BCUT2D eigenvalue weighted by Gasteiger charge is -2.28. The molecule has 0 bridgehead atoms. The zero-order chi connectivity index (χ0) is 70.0. The molecule has 0 saturated heterocycles. The highest BCUT2D eigenvalue weighted by atomic mass is 16.4. The smallest absolute Gasteiger partial charge is 0.326 e. The Hall–Kier alpha value is -11.1. The van der Waals surface area contributed by atoms with Crippen LogP contribution in [0.5, 0.6) is 0 Å². The number of guanidine groups is 6. The van der Waals surface area contributed by atoms with E-state index in [0.717, 1.165) is 10.9 Å². The van der Waals surface area contributed by atoms with Gasteiger partial charge in [-0.1, -0.05) is 36.4 Å². The molecule has 0 fully saturated rings. The topological polar surface area (TPSA) is 685 Å². The number of aliphatic imine (C=N–C) groups is 6. The summed E-state index contributed by atoms with van der Waals surface area (Å²) in [6.07, 6.45) is 3.26. The summed E-state index contributed by atoms with van der Waals surface area (Å²) in [7, 11) is 0. The van der Waals surface area contributed by atoms with Gasteiger partial charge in [0.1, 0.15) is 42.3 Å². The molecule has 0 unspecified atom stereocenters. The first-order chi connectivity index (χ1) is 45.2. The first-order valence-corrected chi connectivity index (χ1v) is 30.8. The number of aromatic nitrogens is 2. The number of fused-ring (bicyclic) bond motifs is 2. The molecule has 4 rings (SSSR count). The van der Waals surface area contributed by atoms with E-state index in [4.69, 9.17) is 74.5 Å². The molecule has 4 aromatic rings. The largest absolute Gasteiger partial charge is 0.480 e. The van der Waals surface area contributed by atoms with Crippen LogP contribution in [0.2, 0.25) is 0 Å². The van der Waals surface area contributed by atoms with Crippen LogP contribution in [-0.4, -0.2) is 186 Å². The normalized spacial score (nSPS) is 13.4. The number of carbonyl (C=O) groups is 8. The Kier molecular flexibility index (Phi) is 32.1. The Balaban J connectivity index is 1.71. The molecule has 2 aromatic heterocycles. The van der Waals surface area contributed by atoms with Crippen molar-refractivity contribution in [3.05, 3.63) is 72.1 Å². The van der Waals surface area contributed by atoms with Crippen molar-refractivity contribution in [2.45, 2.75) is 138 Å². The van der Waals surface area contributed by atoms with E-state index in [2.05, 4.69) is 77.1 Å². The minimum absolute atomic E-state index is 0.00260. The lowest BCUT2D eigenvalue weighted by atomic mass is 10.0. The minimum atomic E-state index is -1.51. The maximum Gasteiger partial charge on any atom is 0.326 e. The zero-order valence-electron chi connectivity index (χ0n) is 52.9. The van der Waals surface area contributed by atoms with Gasteiger partial charge in [0.2, 0.25) is 41.4 Å². The number of nitrogens with one attached hydrogen (secondary N) is 9. The third-order valence-corrected chi connectivity index (χ3v) is 14.6. The van der Waals surface area contributed by atoms with Gasteiger partial charge >= 0.3 is 5.97 Å². The fraction of sp³-hybridized carbons (Fsp3) is 0.483. The average molecular weight is 1330 g/mol. The fourth-order valence-electron chi connectivity index (χ4n) is 9.88. The van der Waals surface area contributed by atoms with E-state index >= 15 is 0 Å². The van der Waals surface area contributed by atoms with E-state index in [-0.39, 0.29) is 158 Å². The van der Waals surface area contributed by atoms with Gasteiger partial charge < -0.3 is 127 Å². The Morgan fingerprint density at radius 2 is 0.589 bits per heavy atom. The summed E-state index contributed by atoms with van der Waals surface area (Å²) in [5, 5.41) is 30.7. The highest BCUT2D eigenvalue weighted by Crippen LogP contribution is 2.22. The quantitative estimate of drug-likeness (QED) is 0.0111. The van der Waals surface area contributed by atoms with Crippen molar-refractivity contribution < 1.29 is 43.5 Å². The van der Waals surface area contributed by atoms with Gasteiger partial charge in [-0.25, -0.2) is 4.79 Å². The summed E-state index contributed by atoms with van der Waals surface area (Å²) in [4.78, 5) is 144. The number of amides is 7. The lowest BCUT2D eigenvalue weighted by Crippen LogP contribution is -2.60. The predicted molar refractivity (Wildman–Crippen MR) is 363 cm³/mol. The number of hydrogen-bond acceptors (Lipinski definition) is 15. The molecule has 0 radical (unpaired) electrons. The molecule has 37 nitrogen and oxygen atoms in total. The van der Waals surface area contributed by atoms with Crippen molar-refractivity contribution in [1.29, 1.82) is 0 Å². The second-order valence-corrected chi connectivity index (χ2v) is 22.2. The summed E-state index contributed by atoms with van der Waals surface area (Å²) < 4.78 is 0. The molecule has 8 atom stereocenters. The van der Waals surface area contributed by atoms with Crippen LogP contribution in [0, 0.1) is 0 Å². The molecule has 0 aliphatic carbocycles. The molecule has 520 valence electrons.